The van der Waals surface area contributed by atoms with Crippen LogP contribution in [-0.2, 0) is 6.54 Å². The van der Waals surface area contributed by atoms with E-state index in [0.717, 1.165) is 10.0 Å². The Balaban J connectivity index is 2.15. The Kier molecular flexibility index (Phi) is 4.13. The van der Waals surface area contributed by atoms with Crippen molar-refractivity contribution < 1.29 is 4.39 Å². The van der Waals surface area contributed by atoms with Gasteiger partial charge < -0.3 is 5.32 Å². The molecule has 0 unspecified atom stereocenters. The third-order valence-electron chi connectivity index (χ3n) is 2.71. The van der Waals surface area contributed by atoms with Gasteiger partial charge in [0.05, 0.1) is 16.1 Å². The monoisotopic (exact) mass is 319 g/mol. The van der Waals surface area contributed by atoms with Crippen molar-refractivity contribution in [2.45, 2.75) is 13.5 Å². The van der Waals surface area contributed by atoms with E-state index in [9.17, 15) is 4.39 Å². The van der Waals surface area contributed by atoms with Gasteiger partial charge in [0, 0.05) is 18.3 Å². The normalized spacial score (nSPS) is 10.0. The van der Waals surface area contributed by atoms with Crippen molar-refractivity contribution in [2.75, 3.05) is 5.32 Å². The molecule has 1 aromatic heterocycles. The maximum Gasteiger partial charge on any atom is 0.140 e. The fraction of sp³-hybridized carbons (Fsp3) is 0.143. The Bertz CT molecular complexity index is 650. The zero-order valence-corrected chi connectivity index (χ0v) is 11.8. The van der Waals surface area contributed by atoms with Gasteiger partial charge in [-0.15, -0.1) is 0 Å². The molecule has 2 aromatic rings. The van der Waals surface area contributed by atoms with Crippen LogP contribution in [0, 0.1) is 24.1 Å². The standard InChI is InChI=1S/C14H11BrFN3/c1-9-4-5-18-14(13(9)15)19-8-11-3-2-10(7-17)6-12(11)16/h2-6H,8H2,1H3,(H,18,19). The van der Waals surface area contributed by atoms with Gasteiger partial charge in [0.1, 0.15) is 11.6 Å². The van der Waals surface area contributed by atoms with Crippen LogP contribution >= 0.6 is 15.9 Å². The Morgan fingerprint density at radius 2 is 2.21 bits per heavy atom. The summed E-state index contributed by atoms with van der Waals surface area (Å²) < 4.78 is 14.6. The van der Waals surface area contributed by atoms with Crippen LogP contribution in [0.2, 0.25) is 0 Å². The molecule has 0 aliphatic heterocycles. The highest BCUT2D eigenvalue weighted by atomic mass is 79.9. The van der Waals surface area contributed by atoms with Gasteiger partial charge in [0.25, 0.3) is 0 Å². The molecule has 0 fully saturated rings. The number of aromatic nitrogens is 1. The first-order valence-corrected chi connectivity index (χ1v) is 6.44. The van der Waals surface area contributed by atoms with Crippen LogP contribution < -0.4 is 5.32 Å². The Morgan fingerprint density at radius 3 is 2.89 bits per heavy atom. The third-order valence-corrected chi connectivity index (χ3v) is 3.71. The molecule has 1 N–H and O–H groups in total. The average molecular weight is 320 g/mol. The number of halogens is 2. The summed E-state index contributed by atoms with van der Waals surface area (Å²) in [5, 5.41) is 11.7. The average Bonchev–Trinajstić information content (AvgIpc) is 2.41. The van der Waals surface area contributed by atoms with E-state index in [0.29, 0.717) is 23.5 Å². The quantitative estimate of drug-likeness (QED) is 0.936. The van der Waals surface area contributed by atoms with Gasteiger partial charge in [-0.3, -0.25) is 0 Å². The Morgan fingerprint density at radius 1 is 1.42 bits per heavy atom. The number of nitriles is 1. The van der Waals surface area contributed by atoms with Gasteiger partial charge in [-0.2, -0.15) is 5.26 Å². The lowest BCUT2D eigenvalue weighted by atomic mass is 10.1. The van der Waals surface area contributed by atoms with Crippen LogP contribution in [0.15, 0.2) is 34.9 Å². The third kappa shape index (κ3) is 3.09. The lowest BCUT2D eigenvalue weighted by molar-refractivity contribution is 0.612. The second-order valence-corrected chi connectivity index (χ2v) is 4.85. The molecule has 0 aliphatic rings. The molecule has 5 heteroatoms. The summed E-state index contributed by atoms with van der Waals surface area (Å²) in [6.45, 7) is 2.27. The molecule has 0 atom stereocenters. The van der Waals surface area contributed by atoms with Gasteiger partial charge in [0.15, 0.2) is 0 Å². The first-order chi connectivity index (χ1) is 9.11. The molecule has 0 saturated heterocycles. The van der Waals surface area contributed by atoms with Gasteiger partial charge in [-0.05, 0) is 46.6 Å². The molecule has 0 radical (unpaired) electrons. The SMILES string of the molecule is Cc1ccnc(NCc2ccc(C#N)cc2F)c1Br. The largest absolute Gasteiger partial charge is 0.365 e. The highest BCUT2D eigenvalue weighted by Crippen LogP contribution is 2.24. The van der Waals surface area contributed by atoms with Crippen LogP contribution in [0.5, 0.6) is 0 Å². The Labute approximate surface area is 119 Å². The molecule has 0 bridgehead atoms. The smallest absolute Gasteiger partial charge is 0.140 e. The molecule has 1 aromatic carbocycles. The zero-order chi connectivity index (χ0) is 13.8. The van der Waals surface area contributed by atoms with Crippen LogP contribution in [0.1, 0.15) is 16.7 Å². The minimum Gasteiger partial charge on any atom is -0.365 e. The van der Waals surface area contributed by atoms with Crippen molar-refractivity contribution in [3.63, 3.8) is 0 Å². The van der Waals surface area contributed by atoms with Gasteiger partial charge in [-0.1, -0.05) is 6.07 Å². The van der Waals surface area contributed by atoms with E-state index in [2.05, 4.69) is 26.2 Å². The molecule has 2 rings (SSSR count). The summed E-state index contributed by atoms with van der Waals surface area (Å²) in [4.78, 5) is 4.18. The molecule has 1 heterocycles. The van der Waals surface area contributed by atoms with Crippen molar-refractivity contribution in [3.8, 4) is 6.07 Å². The maximum atomic E-state index is 13.7. The van der Waals surface area contributed by atoms with Crippen LogP contribution in [0.4, 0.5) is 10.2 Å². The van der Waals surface area contributed by atoms with Gasteiger partial charge in [0.2, 0.25) is 0 Å². The van der Waals surface area contributed by atoms with E-state index >= 15 is 0 Å². The van der Waals surface area contributed by atoms with E-state index in [1.807, 2.05) is 19.1 Å². The first kappa shape index (κ1) is 13.5. The second kappa shape index (κ2) is 5.81. The predicted molar refractivity (Wildman–Crippen MR) is 75.1 cm³/mol. The van der Waals surface area contributed by atoms with Gasteiger partial charge in [-0.25, -0.2) is 9.37 Å². The van der Waals surface area contributed by atoms with Crippen molar-refractivity contribution in [2.24, 2.45) is 0 Å². The molecule has 0 saturated carbocycles. The van der Waals surface area contributed by atoms with Crippen LogP contribution in [-0.4, -0.2) is 4.98 Å². The molecular formula is C14H11BrFN3. The first-order valence-electron chi connectivity index (χ1n) is 5.65. The van der Waals surface area contributed by atoms with Crippen molar-refractivity contribution in [1.29, 1.82) is 5.26 Å². The van der Waals surface area contributed by atoms with Crippen molar-refractivity contribution in [3.05, 3.63) is 57.4 Å². The highest BCUT2D eigenvalue weighted by Gasteiger charge is 2.06. The van der Waals surface area contributed by atoms with E-state index in [-0.39, 0.29) is 0 Å². The fourth-order valence-electron chi connectivity index (χ4n) is 1.60. The van der Waals surface area contributed by atoms with E-state index in [1.54, 1.807) is 18.3 Å². The topological polar surface area (TPSA) is 48.7 Å². The zero-order valence-electron chi connectivity index (χ0n) is 10.2. The summed E-state index contributed by atoms with van der Waals surface area (Å²) in [6.07, 6.45) is 1.69. The number of rotatable bonds is 3. The molecule has 3 nitrogen and oxygen atoms in total. The molecule has 0 spiro atoms. The summed E-state index contributed by atoms with van der Waals surface area (Å²) in [7, 11) is 0. The summed E-state index contributed by atoms with van der Waals surface area (Å²) in [6, 6.07) is 8.22. The van der Waals surface area contributed by atoms with E-state index in [1.165, 1.54) is 6.07 Å². The van der Waals surface area contributed by atoms with E-state index in [4.69, 9.17) is 5.26 Å². The second-order valence-electron chi connectivity index (χ2n) is 4.06. The van der Waals surface area contributed by atoms with Gasteiger partial charge >= 0.3 is 0 Å². The highest BCUT2D eigenvalue weighted by molar-refractivity contribution is 9.10. The summed E-state index contributed by atoms with van der Waals surface area (Å²) in [5.74, 6) is 0.277. The van der Waals surface area contributed by atoms with E-state index < -0.39 is 5.82 Å². The molecule has 19 heavy (non-hydrogen) atoms. The molecule has 0 aliphatic carbocycles. The number of hydrogen-bond acceptors (Lipinski definition) is 3. The lowest BCUT2D eigenvalue weighted by Gasteiger charge is -2.09. The number of nitrogens with zero attached hydrogens (tertiary/aromatic N) is 2. The Hall–Kier alpha value is -1.93. The minimum absolute atomic E-state index is 0.312. The fourth-order valence-corrected chi connectivity index (χ4v) is 1.98. The molecule has 96 valence electrons. The predicted octanol–water partition coefficient (Wildman–Crippen LogP) is 3.78. The number of nitrogens with one attached hydrogen (secondary N) is 1. The van der Waals surface area contributed by atoms with Crippen LogP contribution in [0.3, 0.4) is 0 Å². The van der Waals surface area contributed by atoms with Crippen molar-refractivity contribution >= 4 is 21.7 Å². The maximum absolute atomic E-state index is 13.7. The number of anilines is 1. The minimum atomic E-state index is -0.393. The number of hydrogen-bond donors (Lipinski definition) is 1. The van der Waals surface area contributed by atoms with Crippen molar-refractivity contribution in [1.82, 2.24) is 4.98 Å². The van der Waals surface area contributed by atoms with Crippen LogP contribution in [0.25, 0.3) is 0 Å². The number of aryl methyl sites for hydroxylation is 1. The lowest BCUT2D eigenvalue weighted by Crippen LogP contribution is -2.04. The summed E-state index contributed by atoms with van der Waals surface area (Å²) in [5.41, 5.74) is 1.86. The number of pyridine rings is 1. The number of benzene rings is 1. The molecular weight excluding hydrogens is 309 g/mol. The summed E-state index contributed by atoms with van der Waals surface area (Å²) >= 11 is 3.43. The molecule has 0 amide bonds.